The number of nitrogens with zero attached hydrogens (tertiary/aromatic N) is 4. The van der Waals surface area contributed by atoms with Crippen LogP contribution in [0, 0.1) is 0 Å². The molecule has 0 aliphatic heterocycles. The van der Waals surface area contributed by atoms with E-state index in [-0.39, 0.29) is 5.41 Å². The number of pyridine rings is 4. The second-order valence-corrected chi connectivity index (χ2v) is 12.4. The number of hydrogen-bond donors (Lipinski definition) is 0. The van der Waals surface area contributed by atoms with Gasteiger partial charge in [0.05, 0.1) is 22.4 Å². The van der Waals surface area contributed by atoms with Gasteiger partial charge in [0.25, 0.3) is 0 Å². The van der Waals surface area contributed by atoms with Crippen LogP contribution in [-0.2, 0) is 5.41 Å². The molecule has 0 atom stereocenters. The van der Waals surface area contributed by atoms with Gasteiger partial charge in [0.2, 0.25) is 0 Å². The summed E-state index contributed by atoms with van der Waals surface area (Å²) >= 11 is 0. The summed E-state index contributed by atoms with van der Waals surface area (Å²) in [7, 11) is 0. The molecule has 4 heteroatoms. The van der Waals surface area contributed by atoms with Gasteiger partial charge in [-0.3, -0.25) is 15.0 Å². The average Bonchev–Trinajstić information content (AvgIpc) is 3.33. The second kappa shape index (κ2) is 9.63. The number of aromatic nitrogens is 4. The summed E-state index contributed by atoms with van der Waals surface area (Å²) in [4.78, 5) is 19.3. The number of rotatable bonds is 3. The molecule has 1 aliphatic carbocycles. The highest BCUT2D eigenvalue weighted by Crippen LogP contribution is 2.49. The summed E-state index contributed by atoms with van der Waals surface area (Å²) in [6.45, 7) is 4.64. The first-order valence-electron chi connectivity index (χ1n) is 15.3. The van der Waals surface area contributed by atoms with Crippen molar-refractivity contribution in [3.63, 3.8) is 0 Å². The lowest BCUT2D eigenvalue weighted by Gasteiger charge is -2.22. The quantitative estimate of drug-likeness (QED) is 0.196. The zero-order valence-electron chi connectivity index (χ0n) is 25.0. The van der Waals surface area contributed by atoms with Crippen LogP contribution in [-0.4, -0.2) is 19.9 Å². The molecule has 0 fully saturated rings. The van der Waals surface area contributed by atoms with Gasteiger partial charge in [-0.2, -0.15) is 0 Å². The van der Waals surface area contributed by atoms with Crippen molar-refractivity contribution in [3.8, 4) is 44.8 Å². The molecule has 0 spiro atoms. The molecule has 0 amide bonds. The minimum Gasteiger partial charge on any atom is -0.264 e. The lowest BCUT2D eigenvalue weighted by molar-refractivity contribution is 0.660. The van der Waals surface area contributed by atoms with Crippen LogP contribution in [0.4, 0.5) is 0 Å². The van der Waals surface area contributed by atoms with Crippen molar-refractivity contribution >= 4 is 32.6 Å². The Labute approximate surface area is 261 Å². The Hall–Kier alpha value is -5.74. The van der Waals surface area contributed by atoms with E-state index in [0.717, 1.165) is 66.2 Å². The minimum absolute atomic E-state index is 0.0945. The van der Waals surface area contributed by atoms with E-state index in [1.807, 2.05) is 30.9 Å². The molecule has 0 radical (unpaired) electrons. The summed E-state index contributed by atoms with van der Waals surface area (Å²) in [5.74, 6) is 0. The standard InChI is InChI=1S/C41H28N4/c1-41(2)35-11-4-3-9-31(35)32-15-14-27(20-36(32)41)37-21-29(22-38(45-37)33-10-5-7-25-16-18-42-24-34(25)33)30-19-28-13-12-26-8-6-17-43-39(26)40(28)44-23-30/h3-24H,1-2H3. The molecule has 0 saturated heterocycles. The summed E-state index contributed by atoms with van der Waals surface area (Å²) in [6, 6.07) is 38.9. The second-order valence-electron chi connectivity index (χ2n) is 12.4. The highest BCUT2D eigenvalue weighted by Gasteiger charge is 2.35. The Morgan fingerprint density at radius 1 is 0.489 bits per heavy atom. The largest absolute Gasteiger partial charge is 0.264 e. The zero-order valence-corrected chi connectivity index (χ0v) is 25.0. The fourth-order valence-electron chi connectivity index (χ4n) is 7.08. The monoisotopic (exact) mass is 576 g/mol. The SMILES string of the molecule is CC1(C)c2ccccc2-c2ccc(-c3cc(-c4cnc5c(ccc6cccnc65)c4)cc(-c4cccc5ccncc45)n3)cc21. The van der Waals surface area contributed by atoms with E-state index >= 15 is 0 Å². The third-order valence-corrected chi connectivity index (χ3v) is 9.42. The van der Waals surface area contributed by atoms with Gasteiger partial charge in [-0.1, -0.05) is 86.6 Å². The maximum atomic E-state index is 5.32. The molecule has 4 aromatic heterocycles. The molecule has 0 N–H and O–H groups in total. The average molecular weight is 577 g/mol. The van der Waals surface area contributed by atoms with Crippen molar-refractivity contribution in [2.75, 3.05) is 0 Å². The molecule has 8 aromatic rings. The first-order chi connectivity index (χ1) is 22.0. The van der Waals surface area contributed by atoms with Gasteiger partial charge in [0.15, 0.2) is 0 Å². The molecular weight excluding hydrogens is 548 g/mol. The van der Waals surface area contributed by atoms with Crippen LogP contribution in [0.15, 0.2) is 134 Å². The van der Waals surface area contributed by atoms with E-state index in [1.165, 1.54) is 22.3 Å². The van der Waals surface area contributed by atoms with E-state index in [9.17, 15) is 0 Å². The smallest absolute Gasteiger partial charge is 0.0964 e. The van der Waals surface area contributed by atoms with Crippen molar-refractivity contribution < 1.29 is 0 Å². The molecular formula is C41H28N4. The molecule has 4 aromatic carbocycles. The minimum atomic E-state index is -0.0945. The fraction of sp³-hybridized carbons (Fsp3) is 0.0732. The fourth-order valence-corrected chi connectivity index (χ4v) is 7.08. The normalized spacial score (nSPS) is 13.3. The van der Waals surface area contributed by atoms with Gasteiger partial charge < -0.3 is 0 Å². The van der Waals surface area contributed by atoms with Crippen LogP contribution in [0.2, 0.25) is 0 Å². The van der Waals surface area contributed by atoms with E-state index in [2.05, 4.69) is 127 Å². The molecule has 45 heavy (non-hydrogen) atoms. The van der Waals surface area contributed by atoms with E-state index in [4.69, 9.17) is 9.97 Å². The lowest BCUT2D eigenvalue weighted by atomic mass is 9.82. The van der Waals surface area contributed by atoms with Crippen LogP contribution in [0.25, 0.3) is 77.3 Å². The van der Waals surface area contributed by atoms with Crippen molar-refractivity contribution in [1.29, 1.82) is 0 Å². The molecule has 4 heterocycles. The molecule has 1 aliphatic rings. The van der Waals surface area contributed by atoms with Crippen molar-refractivity contribution in [3.05, 3.63) is 145 Å². The zero-order chi connectivity index (χ0) is 30.1. The van der Waals surface area contributed by atoms with E-state index in [0.29, 0.717) is 0 Å². The van der Waals surface area contributed by atoms with E-state index < -0.39 is 0 Å². The number of hydrogen-bond acceptors (Lipinski definition) is 4. The summed E-state index contributed by atoms with van der Waals surface area (Å²) < 4.78 is 0. The van der Waals surface area contributed by atoms with Gasteiger partial charge in [-0.25, -0.2) is 4.98 Å². The van der Waals surface area contributed by atoms with Gasteiger partial charge >= 0.3 is 0 Å². The van der Waals surface area contributed by atoms with Gasteiger partial charge in [0.1, 0.15) is 0 Å². The molecule has 9 rings (SSSR count). The Morgan fingerprint density at radius 2 is 1.29 bits per heavy atom. The van der Waals surface area contributed by atoms with Crippen LogP contribution < -0.4 is 0 Å². The van der Waals surface area contributed by atoms with Crippen LogP contribution in [0.3, 0.4) is 0 Å². The number of fused-ring (bicyclic) bond motifs is 7. The third-order valence-electron chi connectivity index (χ3n) is 9.42. The first kappa shape index (κ1) is 25.7. The summed E-state index contributed by atoms with van der Waals surface area (Å²) in [6.07, 6.45) is 7.56. The molecule has 0 bridgehead atoms. The van der Waals surface area contributed by atoms with E-state index in [1.54, 1.807) is 0 Å². The molecule has 0 saturated carbocycles. The van der Waals surface area contributed by atoms with Crippen LogP contribution in [0.1, 0.15) is 25.0 Å². The van der Waals surface area contributed by atoms with Crippen molar-refractivity contribution in [1.82, 2.24) is 19.9 Å². The maximum Gasteiger partial charge on any atom is 0.0964 e. The van der Waals surface area contributed by atoms with Crippen molar-refractivity contribution in [2.45, 2.75) is 19.3 Å². The Morgan fingerprint density at radius 3 is 2.24 bits per heavy atom. The Kier molecular flexibility index (Phi) is 5.51. The highest BCUT2D eigenvalue weighted by molar-refractivity contribution is 6.04. The molecule has 4 nitrogen and oxygen atoms in total. The number of benzene rings is 4. The topological polar surface area (TPSA) is 51.6 Å². The lowest BCUT2D eigenvalue weighted by Crippen LogP contribution is -2.14. The third kappa shape index (κ3) is 3.99. The Bertz CT molecular complexity index is 2470. The van der Waals surface area contributed by atoms with Crippen LogP contribution in [0.5, 0.6) is 0 Å². The predicted octanol–water partition coefficient (Wildman–Crippen LogP) is 10.0. The highest BCUT2D eigenvalue weighted by atomic mass is 14.7. The molecule has 0 unspecified atom stereocenters. The summed E-state index contributed by atoms with van der Waals surface area (Å²) in [5, 5.41) is 4.37. The summed E-state index contributed by atoms with van der Waals surface area (Å²) in [5.41, 5.74) is 13.1. The maximum absolute atomic E-state index is 5.32. The van der Waals surface area contributed by atoms with Crippen LogP contribution >= 0.6 is 0 Å². The predicted molar refractivity (Wildman–Crippen MR) is 184 cm³/mol. The Balaban J connectivity index is 1.26. The van der Waals surface area contributed by atoms with Gasteiger partial charge in [-0.15, -0.1) is 0 Å². The first-order valence-corrected chi connectivity index (χ1v) is 15.3. The van der Waals surface area contributed by atoms with Crippen molar-refractivity contribution in [2.24, 2.45) is 0 Å². The molecule has 212 valence electrons. The van der Waals surface area contributed by atoms with Gasteiger partial charge in [-0.05, 0) is 69.6 Å². The van der Waals surface area contributed by atoms with Gasteiger partial charge in [0, 0.05) is 63.1 Å².